The second-order valence-corrected chi connectivity index (χ2v) is 14.3. The monoisotopic (exact) mass is 746 g/mol. The molecule has 0 radical (unpaired) electrons. The molecular formula is C52H38N6. The highest BCUT2D eigenvalue weighted by Crippen LogP contribution is 2.38. The van der Waals surface area contributed by atoms with Gasteiger partial charge in [-0.2, -0.15) is 0 Å². The van der Waals surface area contributed by atoms with Crippen LogP contribution in [0.4, 0.5) is 0 Å². The van der Waals surface area contributed by atoms with Gasteiger partial charge in [-0.3, -0.25) is 14.1 Å². The van der Waals surface area contributed by atoms with E-state index in [2.05, 4.69) is 148 Å². The van der Waals surface area contributed by atoms with Gasteiger partial charge < -0.3 is 5.73 Å². The van der Waals surface area contributed by atoms with Gasteiger partial charge in [0.25, 0.3) is 0 Å². The molecule has 0 bridgehead atoms. The molecule has 6 heteroatoms. The van der Waals surface area contributed by atoms with E-state index in [1.807, 2.05) is 55.0 Å². The summed E-state index contributed by atoms with van der Waals surface area (Å²) in [5, 5.41) is 3.40. The molecule has 276 valence electrons. The Balaban J connectivity index is 1.07. The Morgan fingerprint density at radius 1 is 0.621 bits per heavy atom. The number of hydrogen-bond acceptors (Lipinski definition) is 4. The van der Waals surface area contributed by atoms with Crippen LogP contribution in [-0.2, 0) is 6.42 Å². The minimum atomic E-state index is 0.765. The van der Waals surface area contributed by atoms with Crippen LogP contribution in [0, 0.1) is 0 Å². The van der Waals surface area contributed by atoms with Crippen molar-refractivity contribution in [3.63, 3.8) is 0 Å². The number of hydrogen-bond donors (Lipinski definition) is 1. The summed E-state index contributed by atoms with van der Waals surface area (Å²) in [6.45, 7) is 4.03. The van der Waals surface area contributed by atoms with Crippen molar-refractivity contribution in [1.29, 1.82) is 0 Å². The number of rotatable bonds is 8. The first-order valence-electron chi connectivity index (χ1n) is 19.4. The summed E-state index contributed by atoms with van der Waals surface area (Å²) >= 11 is 0. The number of allylic oxidation sites excluding steroid dienone is 7. The molecule has 5 aromatic heterocycles. The lowest BCUT2D eigenvalue weighted by Gasteiger charge is -2.13. The molecular weight excluding hydrogens is 709 g/mol. The average Bonchev–Trinajstić information content (AvgIpc) is 3.69. The van der Waals surface area contributed by atoms with Crippen molar-refractivity contribution in [2.45, 2.75) is 6.42 Å². The maximum Gasteiger partial charge on any atom is 0.145 e. The number of nitrogens with two attached hydrogens (primary N) is 1. The van der Waals surface area contributed by atoms with Crippen LogP contribution >= 0.6 is 0 Å². The summed E-state index contributed by atoms with van der Waals surface area (Å²) in [7, 11) is 0. The number of pyridine rings is 3. The van der Waals surface area contributed by atoms with E-state index in [4.69, 9.17) is 15.7 Å². The molecule has 0 unspecified atom stereocenters. The summed E-state index contributed by atoms with van der Waals surface area (Å²) in [6, 6.07) is 45.1. The van der Waals surface area contributed by atoms with E-state index < -0.39 is 0 Å². The minimum absolute atomic E-state index is 0.765. The zero-order valence-corrected chi connectivity index (χ0v) is 31.7. The van der Waals surface area contributed by atoms with E-state index >= 15 is 0 Å². The van der Waals surface area contributed by atoms with Crippen molar-refractivity contribution in [3.8, 4) is 33.6 Å². The van der Waals surface area contributed by atoms with Crippen molar-refractivity contribution in [3.05, 3.63) is 218 Å². The largest absolute Gasteiger partial charge is 0.405 e. The van der Waals surface area contributed by atoms with Crippen LogP contribution in [0.2, 0.25) is 0 Å². The molecule has 0 saturated carbocycles. The van der Waals surface area contributed by atoms with Crippen LogP contribution in [0.3, 0.4) is 0 Å². The lowest BCUT2D eigenvalue weighted by molar-refractivity contribution is 1.05. The highest BCUT2D eigenvalue weighted by Gasteiger charge is 2.21. The molecule has 4 aromatic carbocycles. The van der Waals surface area contributed by atoms with Crippen LogP contribution in [0.15, 0.2) is 195 Å². The smallest absolute Gasteiger partial charge is 0.145 e. The SMILES string of the molecule is C=C/C(=C\C=C/N)c1cccc(C2=CCc3c(n(-c4cccc(-n5c6ccc(-c7cccc(-c8cccnc8)c7)cc6c6cccnc65)c4)c4ncccc34)C=C2)c1. The maximum atomic E-state index is 5.63. The fraction of sp³-hybridized carbons (Fsp3) is 0.0192. The number of benzene rings is 4. The standard InChI is InChI=1S/C52H38N6/c1-2-35(14-6-26-53)37-10-3-11-38(30-37)36-20-23-45-46-18-8-28-55-51(46)57(49(45)24-21-36)43-16-5-17-44(33-43)58-50-25-22-41(32-48(50)47-19-9-29-56-52(47)58)39-12-4-13-40(31-39)42-15-7-27-54-34-42/h2-22,24-34H,1,23,53H2/b26-6-,35-14+. The van der Waals surface area contributed by atoms with E-state index in [0.29, 0.717) is 0 Å². The normalized spacial score (nSPS) is 13.0. The molecule has 1 aliphatic carbocycles. The predicted octanol–water partition coefficient (Wildman–Crippen LogP) is 11.9. The van der Waals surface area contributed by atoms with Crippen molar-refractivity contribution in [2.24, 2.45) is 5.73 Å². The van der Waals surface area contributed by atoms with Gasteiger partial charge in [-0.15, -0.1) is 0 Å². The minimum Gasteiger partial charge on any atom is -0.405 e. The lowest BCUT2D eigenvalue weighted by atomic mass is 9.98. The van der Waals surface area contributed by atoms with Gasteiger partial charge in [-0.25, -0.2) is 9.97 Å². The van der Waals surface area contributed by atoms with Gasteiger partial charge in [-0.1, -0.05) is 85.5 Å². The van der Waals surface area contributed by atoms with E-state index in [9.17, 15) is 0 Å². The quantitative estimate of drug-likeness (QED) is 0.157. The third-order valence-electron chi connectivity index (χ3n) is 11.0. The Kier molecular flexibility index (Phi) is 8.77. The summed E-state index contributed by atoms with van der Waals surface area (Å²) in [5.41, 5.74) is 21.9. The third-order valence-corrected chi connectivity index (χ3v) is 11.0. The van der Waals surface area contributed by atoms with E-state index in [-0.39, 0.29) is 0 Å². The van der Waals surface area contributed by atoms with Crippen molar-refractivity contribution in [1.82, 2.24) is 24.1 Å². The highest BCUT2D eigenvalue weighted by molar-refractivity contribution is 6.09. The van der Waals surface area contributed by atoms with Crippen LogP contribution in [-0.4, -0.2) is 24.1 Å². The van der Waals surface area contributed by atoms with Crippen LogP contribution in [0.25, 0.3) is 83.8 Å². The molecule has 0 aliphatic heterocycles. The molecule has 5 heterocycles. The Bertz CT molecular complexity index is 3170. The molecule has 0 atom stereocenters. The molecule has 2 N–H and O–H groups in total. The summed E-state index contributed by atoms with van der Waals surface area (Å²) < 4.78 is 4.57. The maximum absolute atomic E-state index is 5.63. The first kappa shape index (κ1) is 34.6. The second kappa shape index (κ2) is 14.7. The Hall–Kier alpha value is -7.83. The highest BCUT2D eigenvalue weighted by atomic mass is 15.1. The molecule has 0 fully saturated rings. The van der Waals surface area contributed by atoms with E-state index in [1.165, 1.54) is 11.8 Å². The first-order valence-corrected chi connectivity index (χ1v) is 19.4. The van der Waals surface area contributed by atoms with E-state index in [1.54, 1.807) is 6.20 Å². The van der Waals surface area contributed by atoms with Crippen LogP contribution < -0.4 is 5.73 Å². The van der Waals surface area contributed by atoms with Crippen molar-refractivity contribution in [2.75, 3.05) is 0 Å². The Morgan fingerprint density at radius 2 is 1.33 bits per heavy atom. The lowest BCUT2D eigenvalue weighted by Crippen LogP contribution is -2.01. The van der Waals surface area contributed by atoms with E-state index in [0.717, 1.165) is 101 Å². The van der Waals surface area contributed by atoms with Crippen LogP contribution in [0.1, 0.15) is 22.4 Å². The molecule has 9 aromatic rings. The zero-order chi connectivity index (χ0) is 39.0. The van der Waals surface area contributed by atoms with Gasteiger partial charge in [0.1, 0.15) is 11.3 Å². The van der Waals surface area contributed by atoms with Crippen LogP contribution in [0.5, 0.6) is 0 Å². The zero-order valence-electron chi connectivity index (χ0n) is 31.7. The molecule has 6 nitrogen and oxygen atoms in total. The molecule has 1 aliphatic rings. The number of fused-ring (bicyclic) bond motifs is 6. The van der Waals surface area contributed by atoms with Gasteiger partial charge in [-0.05, 0) is 142 Å². The van der Waals surface area contributed by atoms with Gasteiger partial charge in [0.05, 0.1) is 11.2 Å². The van der Waals surface area contributed by atoms with Gasteiger partial charge >= 0.3 is 0 Å². The topological polar surface area (TPSA) is 74.5 Å². The summed E-state index contributed by atoms with van der Waals surface area (Å²) in [4.78, 5) is 14.2. The Labute approximate surface area is 336 Å². The molecule has 0 amide bonds. The van der Waals surface area contributed by atoms with Gasteiger partial charge in [0.15, 0.2) is 0 Å². The second-order valence-electron chi connectivity index (χ2n) is 14.3. The summed E-state index contributed by atoms with van der Waals surface area (Å²) in [6.07, 6.45) is 22.2. The molecule has 10 rings (SSSR count). The number of aromatic nitrogens is 5. The van der Waals surface area contributed by atoms with Gasteiger partial charge in [0, 0.05) is 57.9 Å². The van der Waals surface area contributed by atoms with Gasteiger partial charge in [0.2, 0.25) is 0 Å². The molecule has 0 spiro atoms. The van der Waals surface area contributed by atoms with Crippen molar-refractivity contribution < 1.29 is 0 Å². The Morgan fingerprint density at radius 3 is 2.14 bits per heavy atom. The molecule has 58 heavy (non-hydrogen) atoms. The first-order chi connectivity index (χ1) is 28.7. The third kappa shape index (κ3) is 6.04. The molecule has 0 saturated heterocycles. The average molecular weight is 747 g/mol. The van der Waals surface area contributed by atoms with Crippen molar-refractivity contribution >= 4 is 50.2 Å². The predicted molar refractivity (Wildman–Crippen MR) is 241 cm³/mol. The fourth-order valence-electron chi connectivity index (χ4n) is 8.30. The fourth-order valence-corrected chi connectivity index (χ4v) is 8.30. The number of nitrogens with zero attached hydrogens (tertiary/aromatic N) is 5. The summed E-state index contributed by atoms with van der Waals surface area (Å²) in [5.74, 6) is 0.